The highest BCUT2D eigenvalue weighted by Gasteiger charge is 2.24. The Bertz CT molecular complexity index is 1180. The number of hydrogen-bond acceptors (Lipinski definition) is 5. The van der Waals surface area contributed by atoms with E-state index in [1.165, 1.54) is 17.0 Å². The number of nitrogens with zero attached hydrogens (tertiary/aromatic N) is 2. The van der Waals surface area contributed by atoms with Gasteiger partial charge in [0.05, 0.1) is 12.6 Å². The highest BCUT2D eigenvalue weighted by Crippen LogP contribution is 2.32. The molecule has 0 saturated heterocycles. The van der Waals surface area contributed by atoms with Crippen molar-refractivity contribution in [3.8, 4) is 17.0 Å². The first-order valence-corrected chi connectivity index (χ1v) is 10.5. The Kier molecular flexibility index (Phi) is 7.37. The third-order valence-electron chi connectivity index (χ3n) is 5.55. The van der Waals surface area contributed by atoms with Gasteiger partial charge in [0.1, 0.15) is 18.2 Å². The van der Waals surface area contributed by atoms with E-state index in [1.54, 1.807) is 57.3 Å². The molecule has 1 aromatic heterocycles. The van der Waals surface area contributed by atoms with Gasteiger partial charge in [0, 0.05) is 30.1 Å². The molecule has 3 rings (SSSR count). The van der Waals surface area contributed by atoms with E-state index in [4.69, 9.17) is 15.9 Å². The van der Waals surface area contributed by atoms with Gasteiger partial charge in [-0.15, -0.1) is 0 Å². The highest BCUT2D eigenvalue weighted by molar-refractivity contribution is 5.94. The summed E-state index contributed by atoms with van der Waals surface area (Å²) in [4.78, 5) is 19.1. The number of rotatable bonds is 8. The first kappa shape index (κ1) is 23.8. The number of benzene rings is 2. The fourth-order valence-electron chi connectivity index (χ4n) is 3.60. The lowest BCUT2D eigenvalue weighted by Gasteiger charge is -2.27. The van der Waals surface area contributed by atoms with Gasteiger partial charge in [-0.25, -0.2) is 13.8 Å². The van der Waals surface area contributed by atoms with Crippen LogP contribution >= 0.6 is 0 Å². The normalized spacial score (nSPS) is 11.7. The average molecular weight is 453 g/mol. The van der Waals surface area contributed by atoms with Gasteiger partial charge >= 0.3 is 0 Å². The second-order valence-electron chi connectivity index (χ2n) is 7.50. The monoisotopic (exact) mass is 452 g/mol. The van der Waals surface area contributed by atoms with Crippen molar-refractivity contribution in [1.29, 1.82) is 5.41 Å². The van der Waals surface area contributed by atoms with E-state index in [0.29, 0.717) is 34.4 Å². The molecule has 172 valence electrons. The molecule has 3 N–H and O–H groups in total. The minimum absolute atomic E-state index is 0.152. The largest absolute Gasteiger partial charge is 0.478 e. The summed E-state index contributed by atoms with van der Waals surface area (Å²) in [5, 5.41) is 7.56. The van der Waals surface area contributed by atoms with Crippen molar-refractivity contribution in [3.05, 3.63) is 76.7 Å². The SMILES string of the molecule is CCOc1nc(C(=O)N(C)[C@@H](C)c2ccc(CF)c(C=N)c2N)ccc1-c1cccc(F)c1. The van der Waals surface area contributed by atoms with E-state index in [0.717, 1.165) is 6.21 Å². The van der Waals surface area contributed by atoms with Gasteiger partial charge in [-0.2, -0.15) is 0 Å². The maximum Gasteiger partial charge on any atom is 0.272 e. The molecule has 0 aliphatic rings. The molecule has 3 aromatic rings. The topological polar surface area (TPSA) is 92.3 Å². The fraction of sp³-hybridized carbons (Fsp3) is 0.240. The van der Waals surface area contributed by atoms with Crippen molar-refractivity contribution in [3.63, 3.8) is 0 Å². The molecular formula is C25H26F2N4O2. The Morgan fingerprint density at radius 1 is 1.27 bits per heavy atom. The maximum atomic E-state index is 13.7. The van der Waals surface area contributed by atoms with Gasteiger partial charge in [-0.05, 0) is 54.8 Å². The third-order valence-corrected chi connectivity index (χ3v) is 5.55. The quantitative estimate of drug-likeness (QED) is 0.364. The lowest BCUT2D eigenvalue weighted by molar-refractivity contribution is 0.0736. The summed E-state index contributed by atoms with van der Waals surface area (Å²) in [7, 11) is 1.61. The molecule has 1 atom stereocenters. The van der Waals surface area contributed by atoms with Crippen molar-refractivity contribution < 1.29 is 18.3 Å². The van der Waals surface area contributed by atoms with Crippen LogP contribution in [0.4, 0.5) is 14.5 Å². The Morgan fingerprint density at radius 3 is 2.67 bits per heavy atom. The van der Waals surface area contributed by atoms with Crippen LogP contribution < -0.4 is 10.5 Å². The predicted octanol–water partition coefficient (Wildman–Crippen LogP) is 5.17. The van der Waals surface area contributed by atoms with E-state index >= 15 is 0 Å². The summed E-state index contributed by atoms with van der Waals surface area (Å²) >= 11 is 0. The molecule has 0 radical (unpaired) electrons. The van der Waals surface area contributed by atoms with E-state index < -0.39 is 12.7 Å². The van der Waals surface area contributed by atoms with Crippen LogP contribution in [-0.2, 0) is 6.67 Å². The molecule has 0 fully saturated rings. The summed E-state index contributed by atoms with van der Waals surface area (Å²) in [5.41, 5.74) is 8.99. The molecule has 6 nitrogen and oxygen atoms in total. The number of pyridine rings is 1. The number of nitrogen functional groups attached to an aromatic ring is 1. The number of amides is 1. The number of aromatic nitrogens is 1. The van der Waals surface area contributed by atoms with Crippen molar-refractivity contribution >= 4 is 17.8 Å². The molecule has 8 heteroatoms. The van der Waals surface area contributed by atoms with Crippen LogP contribution in [0.15, 0.2) is 48.5 Å². The molecule has 33 heavy (non-hydrogen) atoms. The predicted molar refractivity (Wildman–Crippen MR) is 125 cm³/mol. The van der Waals surface area contributed by atoms with Gasteiger partial charge in [-0.1, -0.05) is 24.3 Å². The molecule has 1 amide bonds. The number of anilines is 1. The van der Waals surface area contributed by atoms with Crippen molar-refractivity contribution in [1.82, 2.24) is 9.88 Å². The van der Waals surface area contributed by atoms with Crippen LogP contribution in [0.5, 0.6) is 5.88 Å². The molecule has 0 aliphatic carbocycles. The molecule has 0 bridgehead atoms. The second kappa shape index (κ2) is 10.2. The first-order chi connectivity index (χ1) is 15.8. The van der Waals surface area contributed by atoms with Gasteiger partial charge in [0.15, 0.2) is 0 Å². The van der Waals surface area contributed by atoms with Crippen molar-refractivity contribution in [2.24, 2.45) is 0 Å². The number of hydrogen-bond donors (Lipinski definition) is 2. The number of ether oxygens (including phenoxy) is 1. The smallest absolute Gasteiger partial charge is 0.272 e. The molecule has 0 spiro atoms. The van der Waals surface area contributed by atoms with Crippen LogP contribution in [0.3, 0.4) is 0 Å². The van der Waals surface area contributed by atoms with E-state index in [2.05, 4.69) is 4.98 Å². The molecule has 0 unspecified atom stereocenters. The Labute approximate surface area is 191 Å². The van der Waals surface area contributed by atoms with Crippen molar-refractivity contribution in [2.45, 2.75) is 26.6 Å². The molecule has 1 heterocycles. The number of carbonyl (C=O) groups excluding carboxylic acids is 1. The zero-order valence-electron chi connectivity index (χ0n) is 18.7. The summed E-state index contributed by atoms with van der Waals surface area (Å²) in [6.07, 6.45) is 1.02. The van der Waals surface area contributed by atoms with Crippen LogP contribution in [-0.4, -0.2) is 35.7 Å². The molecule has 0 aliphatic heterocycles. The fourth-order valence-corrected chi connectivity index (χ4v) is 3.60. The first-order valence-electron chi connectivity index (χ1n) is 10.5. The summed E-state index contributed by atoms with van der Waals surface area (Å²) in [5.74, 6) is -0.531. The summed E-state index contributed by atoms with van der Waals surface area (Å²) < 4.78 is 32.5. The van der Waals surface area contributed by atoms with Gasteiger partial charge in [0.25, 0.3) is 5.91 Å². The van der Waals surface area contributed by atoms with E-state index in [1.807, 2.05) is 0 Å². The number of carbonyl (C=O) groups is 1. The van der Waals surface area contributed by atoms with Crippen LogP contribution in [0.25, 0.3) is 11.1 Å². The number of halogens is 2. The van der Waals surface area contributed by atoms with E-state index in [-0.39, 0.29) is 29.0 Å². The summed E-state index contributed by atoms with van der Waals surface area (Å²) in [6, 6.07) is 12.1. The van der Waals surface area contributed by atoms with Gasteiger partial charge < -0.3 is 20.8 Å². The van der Waals surface area contributed by atoms with Gasteiger partial charge in [0.2, 0.25) is 5.88 Å². The zero-order valence-corrected chi connectivity index (χ0v) is 18.7. The number of nitrogens with two attached hydrogens (primary N) is 1. The lowest BCUT2D eigenvalue weighted by Crippen LogP contribution is -2.31. The molecule has 0 saturated carbocycles. The van der Waals surface area contributed by atoms with Crippen LogP contribution in [0, 0.1) is 11.2 Å². The van der Waals surface area contributed by atoms with Crippen molar-refractivity contribution in [2.75, 3.05) is 19.4 Å². The Hall–Kier alpha value is -3.81. The second-order valence-corrected chi connectivity index (χ2v) is 7.50. The maximum absolute atomic E-state index is 13.7. The Balaban J connectivity index is 1.94. The molecule has 2 aromatic carbocycles. The van der Waals surface area contributed by atoms with E-state index in [9.17, 15) is 13.6 Å². The average Bonchev–Trinajstić information content (AvgIpc) is 2.82. The minimum Gasteiger partial charge on any atom is -0.478 e. The standard InChI is InChI=1S/C25H26F2N4O2/c1-4-33-24-20(16-6-5-7-18(27)12-16)10-11-22(30-24)25(32)31(3)15(2)19-9-8-17(13-26)21(14-28)23(19)29/h5-12,14-15,28H,4,13,29H2,1-3H3/t15-/m0/s1. The lowest BCUT2D eigenvalue weighted by atomic mass is 9.97. The highest BCUT2D eigenvalue weighted by atomic mass is 19.1. The minimum atomic E-state index is -0.736. The summed E-state index contributed by atoms with van der Waals surface area (Å²) in [6.45, 7) is 3.17. The Morgan fingerprint density at radius 2 is 2.03 bits per heavy atom. The van der Waals surface area contributed by atoms with Crippen LogP contribution in [0.1, 0.15) is 47.1 Å². The number of alkyl halides is 1. The van der Waals surface area contributed by atoms with Gasteiger partial charge in [-0.3, -0.25) is 4.79 Å². The number of nitrogens with one attached hydrogen (secondary N) is 1. The zero-order chi connectivity index (χ0) is 24.1. The molecular weight excluding hydrogens is 426 g/mol. The third kappa shape index (κ3) is 4.84. The van der Waals surface area contributed by atoms with Crippen LogP contribution in [0.2, 0.25) is 0 Å².